The molecule has 0 saturated heterocycles. The van der Waals surface area contributed by atoms with E-state index in [1.165, 1.54) is 6.92 Å². The number of carbonyl (C=O) groups excluding carboxylic acids is 1. The quantitative estimate of drug-likeness (QED) is 0.299. The normalized spacial score (nSPS) is 12.1. The first-order chi connectivity index (χ1) is 14.2. The summed E-state index contributed by atoms with van der Waals surface area (Å²) in [6, 6.07) is 40.6. The van der Waals surface area contributed by atoms with Gasteiger partial charge in [0.1, 0.15) is 0 Å². The summed E-state index contributed by atoms with van der Waals surface area (Å²) in [6.07, 6.45) is 0. The first kappa shape index (κ1) is 22.1. The third-order valence-corrected chi connectivity index (χ3v) is 11.1. The van der Waals surface area contributed by atoms with Gasteiger partial charge in [0.05, 0.1) is 0 Å². The van der Waals surface area contributed by atoms with Crippen LogP contribution < -0.4 is 21.2 Å². The van der Waals surface area contributed by atoms with Crippen LogP contribution in [0.25, 0.3) is 0 Å². The number of rotatable bonds is 5. The van der Waals surface area contributed by atoms with Gasteiger partial charge in [-0.15, -0.1) is 0 Å². The van der Waals surface area contributed by atoms with Crippen LogP contribution in [-0.2, 0) is 29.7 Å². The smallest absolute Gasteiger partial charge is 0 e. The van der Waals surface area contributed by atoms with Crippen LogP contribution in [-0.4, -0.2) is 5.97 Å². The van der Waals surface area contributed by atoms with E-state index in [-0.39, 0.29) is 26.4 Å². The minimum absolute atomic E-state index is 0. The Hall–Kier alpha value is -2.56. The van der Waals surface area contributed by atoms with E-state index in [1.807, 2.05) is 72.8 Å². The van der Waals surface area contributed by atoms with Crippen molar-refractivity contribution in [2.45, 2.75) is 6.92 Å². The molecule has 0 amide bonds. The summed E-state index contributed by atoms with van der Waals surface area (Å²) >= 11 is 0. The van der Waals surface area contributed by atoms with Gasteiger partial charge in [-0.25, -0.2) is 0 Å². The molecular formula is C26H23O2PPd. The Morgan fingerprint density at radius 1 is 0.533 bits per heavy atom. The Morgan fingerprint density at radius 3 is 0.967 bits per heavy atom. The van der Waals surface area contributed by atoms with Gasteiger partial charge in [-0.1, -0.05) is 0 Å². The number of hydrogen-bond acceptors (Lipinski definition) is 2. The van der Waals surface area contributed by atoms with E-state index < -0.39 is 6.83 Å². The molecule has 0 heterocycles. The zero-order chi connectivity index (χ0) is 20.2. The molecule has 0 N–H and O–H groups in total. The third-order valence-electron chi connectivity index (χ3n) is 5.31. The predicted molar refractivity (Wildman–Crippen MR) is 123 cm³/mol. The zero-order valence-electron chi connectivity index (χ0n) is 16.6. The molecule has 0 spiro atoms. The minimum atomic E-state index is -3.79. The van der Waals surface area contributed by atoms with Gasteiger partial charge in [-0.05, 0) is 0 Å². The van der Waals surface area contributed by atoms with Crippen LogP contribution in [0.15, 0.2) is 121 Å². The third kappa shape index (κ3) is 3.34. The molecule has 154 valence electrons. The van der Waals surface area contributed by atoms with Gasteiger partial charge in [0, 0.05) is 20.4 Å². The second-order valence-electron chi connectivity index (χ2n) is 6.96. The Kier molecular flexibility index (Phi) is 6.69. The maximum Gasteiger partial charge on any atom is 0 e. The molecule has 0 fully saturated rings. The van der Waals surface area contributed by atoms with E-state index in [0.717, 1.165) is 21.2 Å². The summed E-state index contributed by atoms with van der Waals surface area (Å²) in [5, 5.41) is 3.99. The molecular weight excluding hydrogens is 482 g/mol. The van der Waals surface area contributed by atoms with Crippen LogP contribution in [0.1, 0.15) is 6.92 Å². The fourth-order valence-corrected chi connectivity index (χ4v) is 9.90. The molecule has 0 aliphatic heterocycles. The van der Waals surface area contributed by atoms with Crippen LogP contribution in [0.4, 0.5) is 0 Å². The first-order valence-electron chi connectivity index (χ1n) is 9.63. The molecule has 0 aliphatic rings. The van der Waals surface area contributed by atoms with Gasteiger partial charge in [0.15, 0.2) is 0 Å². The Morgan fingerprint density at radius 2 is 0.767 bits per heavy atom. The van der Waals surface area contributed by atoms with Crippen molar-refractivity contribution in [3.8, 4) is 0 Å². The molecule has 0 aromatic heterocycles. The molecule has 2 nitrogen and oxygen atoms in total. The van der Waals surface area contributed by atoms with Crippen molar-refractivity contribution in [3.05, 3.63) is 121 Å². The SMILES string of the molecule is CC(=O)OP(c1ccccc1)(c1ccccc1)(c1ccccc1)c1ccccc1.[Pd]. The summed E-state index contributed by atoms with van der Waals surface area (Å²) < 4.78 is 6.66. The molecule has 4 rings (SSSR count). The van der Waals surface area contributed by atoms with Gasteiger partial charge in [-0.3, -0.25) is 0 Å². The van der Waals surface area contributed by atoms with Crippen LogP contribution >= 0.6 is 6.83 Å². The van der Waals surface area contributed by atoms with Gasteiger partial charge in [0.25, 0.3) is 0 Å². The Balaban J connectivity index is 0.00000256. The van der Waals surface area contributed by atoms with Crippen LogP contribution in [0, 0.1) is 0 Å². The standard InChI is InChI=1S/C26H23O2P.Pd/c1-22(27)28-29(23-14-6-2-7-15-23,24-16-8-3-9-17-24,25-18-10-4-11-19-25)26-20-12-5-13-21-26;/h2-21H,1H3;. The second-order valence-corrected chi connectivity index (χ2v) is 11.3. The molecule has 0 aliphatic carbocycles. The molecule has 4 aromatic rings. The number of carbonyl (C=O) groups is 1. The van der Waals surface area contributed by atoms with E-state index in [0.29, 0.717) is 0 Å². The van der Waals surface area contributed by atoms with Gasteiger partial charge >= 0.3 is 172 Å². The Bertz CT molecular complexity index is 931. The van der Waals surface area contributed by atoms with Gasteiger partial charge in [0.2, 0.25) is 0 Å². The van der Waals surface area contributed by atoms with E-state index in [9.17, 15) is 4.79 Å². The molecule has 0 radical (unpaired) electrons. The maximum absolute atomic E-state index is 12.8. The van der Waals surface area contributed by atoms with Crippen molar-refractivity contribution in [1.82, 2.24) is 0 Å². The summed E-state index contributed by atoms with van der Waals surface area (Å²) in [5.74, 6) is -0.303. The van der Waals surface area contributed by atoms with Crippen molar-refractivity contribution in [2.75, 3.05) is 0 Å². The van der Waals surface area contributed by atoms with Crippen LogP contribution in [0.5, 0.6) is 0 Å². The summed E-state index contributed by atoms with van der Waals surface area (Å²) in [6.45, 7) is -2.29. The largest absolute Gasteiger partial charge is 0 e. The van der Waals surface area contributed by atoms with Crippen LogP contribution in [0.2, 0.25) is 0 Å². The fraction of sp³-hybridized carbons (Fsp3) is 0.0385. The molecule has 0 unspecified atom stereocenters. The second kappa shape index (κ2) is 9.07. The molecule has 30 heavy (non-hydrogen) atoms. The fourth-order valence-electron chi connectivity index (χ4n) is 4.21. The van der Waals surface area contributed by atoms with Crippen LogP contribution in [0.3, 0.4) is 0 Å². The summed E-state index contributed by atoms with van der Waals surface area (Å²) in [5.41, 5.74) is 0. The molecule has 0 bridgehead atoms. The van der Waals surface area contributed by atoms with Gasteiger partial charge in [-0.2, -0.15) is 0 Å². The summed E-state index contributed by atoms with van der Waals surface area (Å²) in [7, 11) is 0. The van der Waals surface area contributed by atoms with E-state index in [1.54, 1.807) is 0 Å². The van der Waals surface area contributed by atoms with E-state index >= 15 is 0 Å². The molecule has 0 saturated carbocycles. The van der Waals surface area contributed by atoms with Crippen molar-refractivity contribution < 1.29 is 29.7 Å². The molecule has 4 aromatic carbocycles. The average Bonchev–Trinajstić information content (AvgIpc) is 2.80. The predicted octanol–water partition coefficient (Wildman–Crippen LogP) is 4.32. The van der Waals surface area contributed by atoms with E-state index in [2.05, 4.69) is 48.5 Å². The van der Waals surface area contributed by atoms with Crippen molar-refractivity contribution in [3.63, 3.8) is 0 Å². The van der Waals surface area contributed by atoms with Gasteiger partial charge < -0.3 is 0 Å². The van der Waals surface area contributed by atoms with Crippen molar-refractivity contribution in [1.29, 1.82) is 0 Å². The number of hydrogen-bond donors (Lipinski definition) is 0. The van der Waals surface area contributed by atoms with E-state index in [4.69, 9.17) is 4.52 Å². The monoisotopic (exact) mass is 504 g/mol. The first-order valence-corrected chi connectivity index (χ1v) is 11.8. The van der Waals surface area contributed by atoms with Crippen molar-refractivity contribution >= 4 is 34.0 Å². The number of benzene rings is 4. The topological polar surface area (TPSA) is 26.3 Å². The maximum atomic E-state index is 12.8. The van der Waals surface area contributed by atoms with Crippen molar-refractivity contribution in [2.24, 2.45) is 0 Å². The Labute approximate surface area is 191 Å². The molecule has 4 heteroatoms. The average molecular weight is 505 g/mol. The molecule has 0 atom stereocenters. The minimum Gasteiger partial charge on any atom is 0 e. The zero-order valence-corrected chi connectivity index (χ0v) is 19.1. The summed E-state index contributed by atoms with van der Waals surface area (Å²) in [4.78, 5) is 12.8.